The first-order valence-corrected chi connectivity index (χ1v) is 11.4. The SMILES string of the molecule is CN(C)CCCNc1ccc(NCCCN(C)C)c2c1C(O)c1ccc(C(=O)O)cc1C2O. The largest absolute Gasteiger partial charge is 0.478 e. The Kier molecular flexibility index (Phi) is 8.31. The number of rotatable bonds is 11. The molecule has 0 amide bonds. The van der Waals surface area contributed by atoms with Gasteiger partial charge in [-0.05, 0) is 89.5 Å². The van der Waals surface area contributed by atoms with E-state index in [2.05, 4.69) is 20.4 Å². The lowest BCUT2D eigenvalue weighted by Gasteiger charge is -2.33. The molecule has 0 spiro atoms. The van der Waals surface area contributed by atoms with Gasteiger partial charge in [0.2, 0.25) is 0 Å². The molecule has 0 radical (unpaired) electrons. The minimum absolute atomic E-state index is 0.0851. The molecular weight excluding hydrogens is 420 g/mol. The third-order valence-corrected chi connectivity index (χ3v) is 5.95. The molecule has 2 aromatic rings. The topological polar surface area (TPSA) is 108 Å². The monoisotopic (exact) mass is 456 g/mol. The van der Waals surface area contributed by atoms with Crippen LogP contribution in [0.1, 0.15) is 57.7 Å². The third-order valence-electron chi connectivity index (χ3n) is 5.95. The van der Waals surface area contributed by atoms with Gasteiger partial charge in [0.1, 0.15) is 12.2 Å². The molecule has 2 atom stereocenters. The van der Waals surface area contributed by atoms with Gasteiger partial charge in [-0.3, -0.25) is 0 Å². The first kappa shape index (κ1) is 25.0. The van der Waals surface area contributed by atoms with Gasteiger partial charge in [-0.2, -0.15) is 0 Å². The number of carbonyl (C=O) groups is 1. The third kappa shape index (κ3) is 5.83. The van der Waals surface area contributed by atoms with Crippen molar-refractivity contribution in [1.29, 1.82) is 0 Å². The number of carboxylic acid groups (broad SMARTS) is 1. The second kappa shape index (κ2) is 11.0. The molecule has 0 aliphatic heterocycles. The van der Waals surface area contributed by atoms with Crippen LogP contribution in [0.25, 0.3) is 0 Å². The van der Waals surface area contributed by atoms with E-state index in [4.69, 9.17) is 0 Å². The average Bonchev–Trinajstić information content (AvgIpc) is 2.77. The number of aliphatic hydroxyl groups is 2. The maximum atomic E-state index is 11.5. The van der Waals surface area contributed by atoms with Crippen molar-refractivity contribution in [3.05, 3.63) is 58.1 Å². The zero-order chi connectivity index (χ0) is 24.1. The van der Waals surface area contributed by atoms with Crippen LogP contribution in [0.15, 0.2) is 30.3 Å². The summed E-state index contributed by atoms with van der Waals surface area (Å²) in [4.78, 5) is 15.7. The van der Waals surface area contributed by atoms with E-state index in [-0.39, 0.29) is 5.56 Å². The Hall–Kier alpha value is -2.65. The lowest BCUT2D eigenvalue weighted by atomic mass is 9.79. The fraction of sp³-hybridized carbons (Fsp3) is 0.480. The van der Waals surface area contributed by atoms with Crippen molar-refractivity contribution < 1.29 is 20.1 Å². The predicted molar refractivity (Wildman–Crippen MR) is 131 cm³/mol. The van der Waals surface area contributed by atoms with Crippen molar-refractivity contribution in [3.63, 3.8) is 0 Å². The molecule has 0 saturated carbocycles. The number of aromatic carboxylic acids is 1. The molecule has 1 aliphatic carbocycles. The molecule has 8 heteroatoms. The van der Waals surface area contributed by atoms with Crippen LogP contribution >= 0.6 is 0 Å². The summed E-state index contributed by atoms with van der Waals surface area (Å²) in [5.74, 6) is -1.07. The van der Waals surface area contributed by atoms with Crippen LogP contribution in [0.2, 0.25) is 0 Å². The summed E-state index contributed by atoms with van der Waals surface area (Å²) < 4.78 is 0. The molecule has 0 fully saturated rings. The standard InChI is InChI=1S/C25H36N4O4/c1-28(2)13-5-11-26-19-9-10-20(27-12-6-14-29(3)4)22-21(19)23(30)17-8-7-16(25(32)33)15-18(17)24(22)31/h7-10,15,23-24,26-27,30-31H,5-6,11-14H2,1-4H3,(H,32,33). The highest BCUT2D eigenvalue weighted by molar-refractivity contribution is 5.88. The fourth-order valence-electron chi connectivity index (χ4n) is 4.28. The number of benzene rings is 2. The maximum absolute atomic E-state index is 11.5. The van der Waals surface area contributed by atoms with Gasteiger partial charge < -0.3 is 35.8 Å². The Bertz CT molecular complexity index is 977. The number of fused-ring (bicyclic) bond motifs is 2. The highest BCUT2D eigenvalue weighted by Gasteiger charge is 2.34. The second-order valence-corrected chi connectivity index (χ2v) is 9.11. The predicted octanol–water partition coefficient (Wildman–Crippen LogP) is 2.59. The minimum Gasteiger partial charge on any atom is -0.478 e. The highest BCUT2D eigenvalue weighted by atomic mass is 16.4. The van der Waals surface area contributed by atoms with Crippen LogP contribution < -0.4 is 10.6 Å². The van der Waals surface area contributed by atoms with Gasteiger partial charge in [-0.25, -0.2) is 4.79 Å². The molecule has 0 saturated heterocycles. The highest BCUT2D eigenvalue weighted by Crippen LogP contribution is 2.47. The first-order chi connectivity index (χ1) is 15.7. The van der Waals surface area contributed by atoms with Crippen LogP contribution in [0.3, 0.4) is 0 Å². The number of nitrogens with zero attached hydrogens (tertiary/aromatic N) is 2. The zero-order valence-corrected chi connectivity index (χ0v) is 19.9. The lowest BCUT2D eigenvalue weighted by Crippen LogP contribution is -2.23. The molecule has 0 aromatic heterocycles. The minimum atomic E-state index is -1.07. The van der Waals surface area contributed by atoms with E-state index < -0.39 is 18.2 Å². The van der Waals surface area contributed by atoms with Crippen molar-refractivity contribution in [2.75, 3.05) is 65.0 Å². The van der Waals surface area contributed by atoms with E-state index in [1.54, 1.807) is 6.07 Å². The molecule has 2 aromatic carbocycles. The van der Waals surface area contributed by atoms with Crippen LogP contribution in [-0.2, 0) is 0 Å². The van der Waals surface area contributed by atoms with E-state index in [9.17, 15) is 20.1 Å². The van der Waals surface area contributed by atoms with Gasteiger partial charge in [-0.1, -0.05) is 6.07 Å². The fourth-order valence-corrected chi connectivity index (χ4v) is 4.28. The summed E-state index contributed by atoms with van der Waals surface area (Å²) >= 11 is 0. The Labute approximate surface area is 195 Å². The molecule has 8 nitrogen and oxygen atoms in total. The molecule has 0 heterocycles. The van der Waals surface area contributed by atoms with E-state index >= 15 is 0 Å². The number of hydrogen-bond donors (Lipinski definition) is 5. The van der Waals surface area contributed by atoms with Crippen molar-refractivity contribution in [2.45, 2.75) is 25.0 Å². The van der Waals surface area contributed by atoms with E-state index in [1.165, 1.54) is 12.1 Å². The molecule has 5 N–H and O–H groups in total. The van der Waals surface area contributed by atoms with Crippen molar-refractivity contribution in [2.24, 2.45) is 0 Å². The summed E-state index contributed by atoms with van der Waals surface area (Å²) in [6.07, 6.45) is -0.160. The molecule has 3 rings (SSSR count). The average molecular weight is 457 g/mol. The molecular formula is C25H36N4O4. The lowest BCUT2D eigenvalue weighted by molar-refractivity contribution is 0.0696. The first-order valence-electron chi connectivity index (χ1n) is 11.4. The Balaban J connectivity index is 1.97. The Morgan fingerprint density at radius 3 is 1.76 bits per heavy atom. The molecule has 1 aliphatic rings. The summed E-state index contributed by atoms with van der Waals surface area (Å²) in [6.45, 7) is 3.31. The van der Waals surface area contributed by atoms with Gasteiger partial charge in [-0.15, -0.1) is 0 Å². The summed E-state index contributed by atoms with van der Waals surface area (Å²) in [5.41, 5.74) is 3.81. The van der Waals surface area contributed by atoms with Gasteiger partial charge >= 0.3 is 5.97 Å². The number of hydrogen-bond acceptors (Lipinski definition) is 7. The summed E-state index contributed by atoms with van der Waals surface area (Å²) in [7, 11) is 8.10. The van der Waals surface area contributed by atoms with Crippen LogP contribution in [0, 0.1) is 0 Å². The van der Waals surface area contributed by atoms with Gasteiger partial charge in [0.05, 0.1) is 5.56 Å². The normalized spacial score (nSPS) is 17.1. The van der Waals surface area contributed by atoms with Gasteiger partial charge in [0, 0.05) is 35.6 Å². The van der Waals surface area contributed by atoms with Crippen molar-refractivity contribution in [1.82, 2.24) is 9.80 Å². The zero-order valence-electron chi connectivity index (χ0n) is 19.9. The van der Waals surface area contributed by atoms with Crippen LogP contribution in [0.5, 0.6) is 0 Å². The maximum Gasteiger partial charge on any atom is 0.335 e. The molecule has 180 valence electrons. The molecule has 0 bridgehead atoms. The number of nitrogens with one attached hydrogen (secondary N) is 2. The summed E-state index contributed by atoms with van der Waals surface area (Å²) in [5, 5.41) is 38.9. The van der Waals surface area contributed by atoms with E-state index in [0.717, 1.165) is 43.9 Å². The number of anilines is 2. The van der Waals surface area contributed by atoms with Crippen molar-refractivity contribution >= 4 is 17.3 Å². The quantitative estimate of drug-likeness (QED) is 0.329. The smallest absolute Gasteiger partial charge is 0.335 e. The van der Waals surface area contributed by atoms with Gasteiger partial charge in [0.25, 0.3) is 0 Å². The Morgan fingerprint density at radius 2 is 1.30 bits per heavy atom. The number of aliphatic hydroxyl groups excluding tert-OH is 2. The second-order valence-electron chi connectivity index (χ2n) is 9.11. The Morgan fingerprint density at radius 1 is 0.818 bits per heavy atom. The molecule has 2 unspecified atom stereocenters. The van der Waals surface area contributed by atoms with E-state index in [0.29, 0.717) is 28.8 Å². The van der Waals surface area contributed by atoms with Gasteiger partial charge in [0.15, 0.2) is 0 Å². The number of carboxylic acids is 1. The van der Waals surface area contributed by atoms with E-state index in [1.807, 2.05) is 40.3 Å². The van der Waals surface area contributed by atoms with Crippen LogP contribution in [-0.4, -0.2) is 85.5 Å². The molecule has 33 heavy (non-hydrogen) atoms. The van der Waals surface area contributed by atoms with Crippen molar-refractivity contribution in [3.8, 4) is 0 Å². The van der Waals surface area contributed by atoms with Crippen LogP contribution in [0.4, 0.5) is 11.4 Å². The summed E-state index contributed by atoms with van der Waals surface area (Å²) in [6, 6.07) is 8.39.